The highest BCUT2D eigenvalue weighted by atomic mass is 31.2. The van der Waals surface area contributed by atoms with Gasteiger partial charge < -0.3 is 24.4 Å². The number of nitrogens with zero attached hydrogens (tertiary/aromatic N) is 4. The van der Waals surface area contributed by atoms with Crippen LogP contribution in [0.4, 0.5) is 5.95 Å². The van der Waals surface area contributed by atoms with E-state index in [1.54, 1.807) is 12.5 Å². The Balaban J connectivity index is 1.36. The van der Waals surface area contributed by atoms with E-state index in [0.717, 1.165) is 17.6 Å². The van der Waals surface area contributed by atoms with Gasteiger partial charge >= 0.3 is 0 Å². The quantitative estimate of drug-likeness (QED) is 0.187. The van der Waals surface area contributed by atoms with Crippen molar-refractivity contribution in [2.45, 2.75) is 19.0 Å². The van der Waals surface area contributed by atoms with Crippen molar-refractivity contribution >= 4 is 31.7 Å². The lowest BCUT2D eigenvalue weighted by atomic mass is 10.1. The van der Waals surface area contributed by atoms with Crippen molar-refractivity contribution in [3.8, 4) is 5.75 Å². The van der Waals surface area contributed by atoms with Crippen LogP contribution in [0.3, 0.4) is 0 Å². The second-order valence-corrected chi connectivity index (χ2v) is 8.71. The van der Waals surface area contributed by atoms with Crippen molar-refractivity contribution in [1.82, 2.24) is 24.6 Å². The van der Waals surface area contributed by atoms with Crippen LogP contribution in [0.15, 0.2) is 73.2 Å². The largest absolute Gasteiger partial charge is 0.456 e. The summed E-state index contributed by atoms with van der Waals surface area (Å²) in [6.07, 6.45) is 5.08. The maximum atomic E-state index is 11.8. The van der Waals surface area contributed by atoms with Gasteiger partial charge in [-0.1, -0.05) is 48.5 Å². The van der Waals surface area contributed by atoms with E-state index in [-0.39, 0.29) is 12.0 Å². The Labute approximate surface area is 192 Å². The zero-order chi connectivity index (χ0) is 22.9. The molecule has 4 rings (SSSR count). The molecule has 0 aliphatic heterocycles. The molecular formula is C23H25N6O3P. The minimum atomic E-state index is -1.26. The van der Waals surface area contributed by atoms with Gasteiger partial charge in [0.25, 0.3) is 0 Å². The zero-order valence-electron chi connectivity index (χ0n) is 17.9. The Bertz CT molecular complexity index is 1160. The fourth-order valence-electron chi connectivity index (χ4n) is 3.22. The highest BCUT2D eigenvalue weighted by molar-refractivity contribution is 7.50. The number of para-hydroxylation sites is 1. The molecule has 0 aliphatic rings. The number of carbonyl (C=O) groups is 1. The molecule has 0 saturated carbocycles. The maximum absolute atomic E-state index is 11.8. The molecule has 33 heavy (non-hydrogen) atoms. The van der Waals surface area contributed by atoms with E-state index >= 15 is 0 Å². The van der Waals surface area contributed by atoms with Crippen LogP contribution in [0.2, 0.25) is 0 Å². The third-order valence-electron chi connectivity index (χ3n) is 4.79. The van der Waals surface area contributed by atoms with Gasteiger partial charge in [-0.3, -0.25) is 5.09 Å². The molecule has 2 aromatic heterocycles. The average Bonchev–Trinajstić information content (AvgIpc) is 3.24. The van der Waals surface area contributed by atoms with Crippen molar-refractivity contribution in [3.63, 3.8) is 0 Å². The number of hydrogen-bond donors (Lipinski definition) is 2. The fraction of sp³-hybridized carbons (Fsp3) is 0.217. The summed E-state index contributed by atoms with van der Waals surface area (Å²) in [7, 11) is -1.26. The molecule has 2 heterocycles. The molecule has 170 valence electrons. The van der Waals surface area contributed by atoms with E-state index < -0.39 is 8.30 Å². The molecule has 0 saturated heterocycles. The van der Waals surface area contributed by atoms with Crippen molar-refractivity contribution < 1.29 is 14.1 Å². The summed E-state index contributed by atoms with van der Waals surface area (Å²) in [4.78, 5) is 24.2. The molecule has 10 heteroatoms. The van der Waals surface area contributed by atoms with E-state index in [1.165, 1.54) is 0 Å². The summed E-state index contributed by atoms with van der Waals surface area (Å²) >= 11 is 0. The summed E-state index contributed by atoms with van der Waals surface area (Å²) in [6, 6.07) is 19.0. The summed E-state index contributed by atoms with van der Waals surface area (Å²) in [6.45, 7) is 0.959. The van der Waals surface area contributed by atoms with Gasteiger partial charge in [0.15, 0.2) is 13.9 Å². The Morgan fingerprint density at radius 2 is 1.85 bits per heavy atom. The van der Waals surface area contributed by atoms with Crippen molar-refractivity contribution in [2.75, 3.05) is 18.7 Å². The van der Waals surface area contributed by atoms with Gasteiger partial charge in [-0.2, -0.15) is 4.98 Å². The highest BCUT2D eigenvalue weighted by Gasteiger charge is 2.18. The van der Waals surface area contributed by atoms with Crippen LogP contribution in [0.25, 0.3) is 11.2 Å². The van der Waals surface area contributed by atoms with Crippen molar-refractivity contribution in [3.05, 3.63) is 78.8 Å². The number of benzene rings is 2. The highest BCUT2D eigenvalue weighted by Crippen LogP contribution is 2.35. The number of imidazole rings is 1. The molecule has 3 N–H and O–H groups in total. The standard InChI is InChI=1S/C23H25N6O3P/c24-23-25-14-21-22(27-23)29(16-26-21)11-12-31-17-33(32-20-9-5-2-6-10-20)28-19(15-30)13-18-7-3-1-4-8-18/h1-10,14-16,19,28H,11-13,17H2,(H2,24,25,27)/t19-,33?/m0/s1. The molecule has 1 unspecified atom stereocenters. The van der Waals surface area contributed by atoms with Gasteiger partial charge in [0.05, 0.1) is 25.2 Å². The van der Waals surface area contributed by atoms with Gasteiger partial charge in [-0.15, -0.1) is 0 Å². The number of hydrogen-bond acceptors (Lipinski definition) is 8. The Hall–Kier alpha value is -3.39. The second kappa shape index (κ2) is 11.5. The Morgan fingerprint density at radius 1 is 1.09 bits per heavy atom. The van der Waals surface area contributed by atoms with Crippen molar-refractivity contribution in [1.29, 1.82) is 0 Å². The van der Waals surface area contributed by atoms with Gasteiger partial charge in [0.2, 0.25) is 5.95 Å². The van der Waals surface area contributed by atoms with Gasteiger partial charge in [-0.25, -0.2) is 9.97 Å². The monoisotopic (exact) mass is 464 g/mol. The number of ether oxygens (including phenoxy) is 1. The second-order valence-electron chi connectivity index (χ2n) is 7.26. The first-order valence-corrected chi connectivity index (χ1v) is 11.9. The minimum Gasteiger partial charge on any atom is -0.456 e. The third-order valence-corrected chi connectivity index (χ3v) is 6.26. The number of aromatic nitrogens is 4. The zero-order valence-corrected chi connectivity index (χ0v) is 18.8. The summed E-state index contributed by atoms with van der Waals surface area (Å²) in [5, 5.41) is 3.32. The number of nitrogens with one attached hydrogen (secondary N) is 1. The van der Waals surface area contributed by atoms with Gasteiger partial charge in [0.1, 0.15) is 23.9 Å². The molecule has 2 atom stereocenters. The molecule has 0 fully saturated rings. The van der Waals surface area contributed by atoms with E-state index in [2.05, 4.69) is 20.0 Å². The molecule has 9 nitrogen and oxygen atoms in total. The van der Waals surface area contributed by atoms with Gasteiger partial charge in [-0.05, 0) is 24.1 Å². The summed E-state index contributed by atoms with van der Waals surface area (Å²) in [5.41, 5.74) is 8.10. The number of anilines is 1. The van der Waals surface area contributed by atoms with Crippen LogP contribution in [0.1, 0.15) is 5.56 Å². The number of aldehydes is 1. The molecule has 0 spiro atoms. The normalized spacial score (nSPS) is 13.0. The number of nitrogen functional groups attached to an aromatic ring is 1. The average molecular weight is 464 g/mol. The summed E-state index contributed by atoms with van der Waals surface area (Å²) < 4.78 is 13.9. The van der Waals surface area contributed by atoms with Crippen LogP contribution >= 0.6 is 8.30 Å². The topological polar surface area (TPSA) is 117 Å². The number of fused-ring (bicyclic) bond motifs is 1. The lowest BCUT2D eigenvalue weighted by Crippen LogP contribution is -2.31. The van der Waals surface area contributed by atoms with E-state index in [4.69, 9.17) is 15.0 Å². The first-order valence-electron chi connectivity index (χ1n) is 10.5. The first-order chi connectivity index (χ1) is 16.2. The maximum Gasteiger partial charge on any atom is 0.222 e. The number of rotatable bonds is 12. The van der Waals surface area contributed by atoms with Crippen LogP contribution in [-0.2, 0) is 22.5 Å². The van der Waals surface area contributed by atoms with E-state index in [0.29, 0.717) is 37.1 Å². The van der Waals surface area contributed by atoms with Gasteiger partial charge in [0, 0.05) is 6.54 Å². The summed E-state index contributed by atoms with van der Waals surface area (Å²) in [5.74, 6) is 0.921. The Morgan fingerprint density at radius 3 is 2.61 bits per heavy atom. The molecule has 0 radical (unpaired) electrons. The lowest BCUT2D eigenvalue weighted by molar-refractivity contribution is -0.109. The molecule has 0 aliphatic carbocycles. The molecule has 4 aromatic rings. The third kappa shape index (κ3) is 6.55. The van der Waals surface area contributed by atoms with Crippen LogP contribution < -0.4 is 15.3 Å². The molecule has 0 bridgehead atoms. The number of nitrogens with two attached hydrogens (primary N) is 1. The number of carbonyl (C=O) groups excluding carboxylic acids is 1. The Kier molecular flexibility index (Phi) is 7.92. The molecular weight excluding hydrogens is 439 g/mol. The van der Waals surface area contributed by atoms with E-state index in [9.17, 15) is 4.79 Å². The van der Waals surface area contributed by atoms with Crippen LogP contribution in [0, 0.1) is 0 Å². The van der Waals surface area contributed by atoms with Crippen LogP contribution in [-0.4, -0.2) is 44.8 Å². The lowest BCUT2D eigenvalue weighted by Gasteiger charge is -2.23. The first kappa shape index (κ1) is 22.8. The fourth-order valence-corrected chi connectivity index (χ4v) is 4.59. The molecule has 0 amide bonds. The SMILES string of the molecule is Nc1ncc2ncn(CCOCP(N[C@H](C=O)Cc3ccccc3)Oc3ccccc3)c2n1. The predicted octanol–water partition coefficient (Wildman–Crippen LogP) is 3.17. The minimum absolute atomic E-state index is 0.201. The molecule has 2 aromatic carbocycles. The predicted molar refractivity (Wildman–Crippen MR) is 128 cm³/mol. The van der Waals surface area contributed by atoms with E-state index in [1.807, 2.05) is 65.2 Å². The van der Waals surface area contributed by atoms with Crippen molar-refractivity contribution in [2.24, 2.45) is 0 Å². The van der Waals surface area contributed by atoms with Crippen LogP contribution in [0.5, 0.6) is 5.75 Å². The smallest absolute Gasteiger partial charge is 0.222 e.